The number of hydrogen-bond donors (Lipinski definition) is 1. The second kappa shape index (κ2) is 4.85. The largest absolute Gasteiger partial charge is 0.313 e. The molecule has 5 heteroatoms. The number of nitrogens with zero attached hydrogens (tertiary/aromatic N) is 4. The monoisotopic (exact) mass is 217 g/mol. The Labute approximate surface area is 94.5 Å². The highest BCUT2D eigenvalue weighted by Gasteiger charge is 2.01. The highest BCUT2D eigenvalue weighted by molar-refractivity contribution is 5.23. The maximum Gasteiger partial charge on any atom is 0.156 e. The summed E-state index contributed by atoms with van der Waals surface area (Å²) in [5.41, 5.74) is 2.09. The van der Waals surface area contributed by atoms with Gasteiger partial charge in [0.15, 0.2) is 5.82 Å². The van der Waals surface area contributed by atoms with Gasteiger partial charge >= 0.3 is 0 Å². The van der Waals surface area contributed by atoms with Crippen molar-refractivity contribution in [3.63, 3.8) is 0 Å². The fraction of sp³-hybridized carbons (Fsp3) is 0.364. The van der Waals surface area contributed by atoms with Crippen LogP contribution < -0.4 is 5.32 Å². The Kier molecular flexibility index (Phi) is 3.26. The lowest BCUT2D eigenvalue weighted by molar-refractivity contribution is 0.726. The summed E-state index contributed by atoms with van der Waals surface area (Å²) in [4.78, 5) is 8.23. The van der Waals surface area contributed by atoms with E-state index in [-0.39, 0.29) is 0 Å². The van der Waals surface area contributed by atoms with Crippen molar-refractivity contribution in [2.75, 3.05) is 6.54 Å². The second-order valence-corrected chi connectivity index (χ2v) is 3.59. The van der Waals surface area contributed by atoms with E-state index in [2.05, 4.69) is 27.3 Å². The van der Waals surface area contributed by atoms with Crippen LogP contribution in [0.25, 0.3) is 5.82 Å². The van der Waals surface area contributed by atoms with Crippen LogP contribution in [0.3, 0.4) is 0 Å². The first-order valence-electron chi connectivity index (χ1n) is 5.33. The fourth-order valence-corrected chi connectivity index (χ4v) is 1.41. The quantitative estimate of drug-likeness (QED) is 0.832. The van der Waals surface area contributed by atoms with Crippen molar-refractivity contribution in [3.05, 3.63) is 36.0 Å². The zero-order valence-electron chi connectivity index (χ0n) is 9.51. The number of aromatic nitrogens is 4. The molecule has 0 aliphatic carbocycles. The van der Waals surface area contributed by atoms with Crippen LogP contribution in [0.5, 0.6) is 0 Å². The van der Waals surface area contributed by atoms with E-state index >= 15 is 0 Å². The average Bonchev–Trinajstić information content (AvgIpc) is 2.75. The van der Waals surface area contributed by atoms with Crippen LogP contribution in [0.4, 0.5) is 0 Å². The van der Waals surface area contributed by atoms with Crippen LogP contribution >= 0.6 is 0 Å². The zero-order valence-corrected chi connectivity index (χ0v) is 9.51. The second-order valence-electron chi connectivity index (χ2n) is 3.59. The van der Waals surface area contributed by atoms with E-state index in [1.807, 2.05) is 25.4 Å². The van der Waals surface area contributed by atoms with E-state index in [1.165, 1.54) is 0 Å². The lowest BCUT2D eigenvalue weighted by Crippen LogP contribution is -2.11. The average molecular weight is 217 g/mol. The van der Waals surface area contributed by atoms with E-state index in [0.717, 1.165) is 30.2 Å². The molecule has 0 saturated carbocycles. The van der Waals surface area contributed by atoms with Gasteiger partial charge in [-0.3, -0.25) is 0 Å². The summed E-state index contributed by atoms with van der Waals surface area (Å²) in [5.74, 6) is 0.801. The van der Waals surface area contributed by atoms with Crippen molar-refractivity contribution >= 4 is 0 Å². The van der Waals surface area contributed by atoms with Gasteiger partial charge in [-0.1, -0.05) is 6.92 Å². The minimum Gasteiger partial charge on any atom is -0.313 e. The van der Waals surface area contributed by atoms with Gasteiger partial charge in [-0.05, 0) is 13.5 Å². The standard InChI is InChI=1S/C11H15N5/c1-3-12-5-10-6-15-16(7-10)11-4-9(2)13-8-14-11/h4,6-8,12H,3,5H2,1-2H3. The highest BCUT2D eigenvalue weighted by atomic mass is 15.3. The molecule has 2 aromatic heterocycles. The molecule has 0 fully saturated rings. The van der Waals surface area contributed by atoms with E-state index in [1.54, 1.807) is 11.0 Å². The molecule has 84 valence electrons. The van der Waals surface area contributed by atoms with Gasteiger partial charge in [0.25, 0.3) is 0 Å². The summed E-state index contributed by atoms with van der Waals surface area (Å²) in [6, 6.07) is 1.91. The number of aryl methyl sites for hydroxylation is 1. The molecule has 0 aromatic carbocycles. The summed E-state index contributed by atoms with van der Waals surface area (Å²) in [6.45, 7) is 5.81. The Balaban J connectivity index is 2.18. The van der Waals surface area contributed by atoms with Crippen molar-refractivity contribution in [3.8, 4) is 5.82 Å². The number of rotatable bonds is 4. The summed E-state index contributed by atoms with van der Waals surface area (Å²) < 4.78 is 1.77. The van der Waals surface area contributed by atoms with Crippen molar-refractivity contribution in [2.45, 2.75) is 20.4 Å². The normalized spacial score (nSPS) is 10.6. The minimum atomic E-state index is 0.801. The molecule has 0 radical (unpaired) electrons. The van der Waals surface area contributed by atoms with Gasteiger partial charge in [-0.2, -0.15) is 5.10 Å². The minimum absolute atomic E-state index is 0.801. The predicted molar refractivity (Wildman–Crippen MR) is 61.3 cm³/mol. The van der Waals surface area contributed by atoms with Gasteiger partial charge < -0.3 is 5.32 Å². The molecule has 5 nitrogen and oxygen atoms in total. The smallest absolute Gasteiger partial charge is 0.156 e. The third-order valence-electron chi connectivity index (χ3n) is 2.24. The molecular formula is C11H15N5. The van der Waals surface area contributed by atoms with Gasteiger partial charge in [0.05, 0.1) is 6.20 Å². The lowest BCUT2D eigenvalue weighted by atomic mass is 10.3. The van der Waals surface area contributed by atoms with E-state index in [4.69, 9.17) is 0 Å². The molecule has 2 rings (SSSR count). The van der Waals surface area contributed by atoms with Gasteiger partial charge in [0.2, 0.25) is 0 Å². The molecule has 2 heterocycles. The lowest BCUT2D eigenvalue weighted by Gasteiger charge is -2.00. The maximum atomic E-state index is 4.27. The molecule has 1 N–H and O–H groups in total. The van der Waals surface area contributed by atoms with Gasteiger partial charge in [0.1, 0.15) is 6.33 Å². The first kappa shape index (κ1) is 10.8. The number of nitrogens with one attached hydrogen (secondary N) is 1. The van der Waals surface area contributed by atoms with Crippen LogP contribution in [-0.4, -0.2) is 26.3 Å². The summed E-state index contributed by atoms with van der Waals surface area (Å²) in [5, 5.41) is 7.52. The van der Waals surface area contributed by atoms with Crippen LogP contribution in [0.15, 0.2) is 24.8 Å². The van der Waals surface area contributed by atoms with Crippen molar-refractivity contribution in [1.29, 1.82) is 0 Å². The van der Waals surface area contributed by atoms with Crippen LogP contribution in [0.2, 0.25) is 0 Å². The van der Waals surface area contributed by atoms with Gasteiger partial charge in [0, 0.05) is 30.1 Å². The molecule has 0 spiro atoms. The van der Waals surface area contributed by atoms with Crippen LogP contribution in [-0.2, 0) is 6.54 Å². The number of hydrogen-bond acceptors (Lipinski definition) is 4. The molecule has 0 amide bonds. The Bertz CT molecular complexity index is 463. The van der Waals surface area contributed by atoms with Crippen molar-refractivity contribution in [2.24, 2.45) is 0 Å². The first-order chi connectivity index (χ1) is 7.79. The summed E-state index contributed by atoms with van der Waals surface area (Å²) in [6.07, 6.45) is 5.38. The molecule has 0 saturated heterocycles. The molecule has 2 aromatic rings. The molecule has 0 bridgehead atoms. The van der Waals surface area contributed by atoms with Gasteiger partial charge in [-0.25, -0.2) is 14.6 Å². The Morgan fingerprint density at radius 2 is 2.25 bits per heavy atom. The first-order valence-corrected chi connectivity index (χ1v) is 5.33. The summed E-state index contributed by atoms with van der Waals surface area (Å²) in [7, 11) is 0. The van der Waals surface area contributed by atoms with Crippen molar-refractivity contribution in [1.82, 2.24) is 25.1 Å². The van der Waals surface area contributed by atoms with Crippen molar-refractivity contribution < 1.29 is 0 Å². The van der Waals surface area contributed by atoms with Crippen LogP contribution in [0, 0.1) is 6.92 Å². The highest BCUT2D eigenvalue weighted by Crippen LogP contribution is 2.05. The van der Waals surface area contributed by atoms with Crippen LogP contribution in [0.1, 0.15) is 18.2 Å². The molecular weight excluding hydrogens is 202 g/mol. The third-order valence-corrected chi connectivity index (χ3v) is 2.24. The topological polar surface area (TPSA) is 55.6 Å². The summed E-state index contributed by atoms with van der Waals surface area (Å²) >= 11 is 0. The maximum absolute atomic E-state index is 4.27. The fourth-order valence-electron chi connectivity index (χ4n) is 1.41. The van der Waals surface area contributed by atoms with E-state index < -0.39 is 0 Å². The SMILES string of the molecule is CCNCc1cnn(-c2cc(C)ncn2)c1. The Hall–Kier alpha value is -1.75. The molecule has 0 atom stereocenters. The van der Waals surface area contributed by atoms with E-state index in [0.29, 0.717) is 0 Å². The van der Waals surface area contributed by atoms with E-state index in [9.17, 15) is 0 Å². The van der Waals surface area contributed by atoms with Gasteiger partial charge in [-0.15, -0.1) is 0 Å². The predicted octanol–water partition coefficient (Wildman–Crippen LogP) is 1.08. The molecule has 16 heavy (non-hydrogen) atoms. The molecule has 0 aliphatic heterocycles. The molecule has 0 unspecified atom stereocenters. The Morgan fingerprint density at radius 3 is 3.00 bits per heavy atom. The molecule has 0 aliphatic rings. The zero-order chi connectivity index (χ0) is 11.4. The third kappa shape index (κ3) is 2.43. The Morgan fingerprint density at radius 1 is 1.38 bits per heavy atom.